The van der Waals surface area contributed by atoms with Gasteiger partial charge in [0.2, 0.25) is 0 Å². The van der Waals surface area contributed by atoms with Crippen molar-refractivity contribution in [3.63, 3.8) is 0 Å². The van der Waals surface area contributed by atoms with Crippen LogP contribution in [0.2, 0.25) is 0 Å². The van der Waals surface area contributed by atoms with Gasteiger partial charge in [0.15, 0.2) is 0 Å². The molecule has 6 heteroatoms. The van der Waals surface area contributed by atoms with E-state index >= 15 is 0 Å². The van der Waals surface area contributed by atoms with E-state index in [1.807, 2.05) is 30.5 Å². The molecule has 0 spiro atoms. The Morgan fingerprint density at radius 1 is 1.33 bits per heavy atom. The Morgan fingerprint density at radius 2 is 2.10 bits per heavy atom. The number of carboxylic acid groups (broad SMARTS) is 1. The van der Waals surface area contributed by atoms with E-state index in [0.717, 1.165) is 10.1 Å². The van der Waals surface area contributed by atoms with Gasteiger partial charge in [-0.25, -0.2) is 9.59 Å². The van der Waals surface area contributed by atoms with Crippen LogP contribution < -0.4 is 10.6 Å². The minimum atomic E-state index is -1.26. The first-order valence-electron chi connectivity index (χ1n) is 6.74. The lowest BCUT2D eigenvalue weighted by Crippen LogP contribution is -2.53. The molecular weight excluding hydrogens is 288 g/mol. The zero-order chi connectivity index (χ0) is 15.5. The second kappa shape index (κ2) is 6.13. The highest BCUT2D eigenvalue weighted by molar-refractivity contribution is 7.17. The lowest BCUT2D eigenvalue weighted by Gasteiger charge is -2.25. The minimum absolute atomic E-state index is 0.374. The number of thiophene rings is 1. The number of urea groups is 1. The zero-order valence-corrected chi connectivity index (χ0v) is 12.8. The molecule has 0 saturated heterocycles. The van der Waals surface area contributed by atoms with Gasteiger partial charge in [-0.2, -0.15) is 0 Å². The Balaban J connectivity index is 2.08. The largest absolute Gasteiger partial charge is 0.480 e. The van der Waals surface area contributed by atoms with E-state index in [0.29, 0.717) is 18.5 Å². The molecule has 0 aliphatic heterocycles. The number of benzene rings is 1. The maximum Gasteiger partial charge on any atom is 0.329 e. The Labute approximate surface area is 127 Å². The second-order valence-electron chi connectivity index (χ2n) is 5.14. The number of nitrogens with one attached hydrogen (secondary N) is 2. The Morgan fingerprint density at radius 3 is 2.76 bits per heavy atom. The van der Waals surface area contributed by atoms with Crippen LogP contribution in [0.3, 0.4) is 0 Å². The second-order valence-corrected chi connectivity index (χ2v) is 6.09. The summed E-state index contributed by atoms with van der Waals surface area (Å²) in [5.41, 5.74) is -0.617. The maximum absolute atomic E-state index is 12.0. The number of hydrogen-bond acceptors (Lipinski definition) is 3. The minimum Gasteiger partial charge on any atom is -0.480 e. The highest BCUT2D eigenvalue weighted by atomic mass is 32.1. The number of carbonyl (C=O) groups excluding carboxylic acids is 1. The Bertz CT molecular complexity index is 668. The van der Waals surface area contributed by atoms with Gasteiger partial charge in [0.05, 0.1) is 0 Å². The van der Waals surface area contributed by atoms with E-state index in [1.165, 1.54) is 6.92 Å². The molecule has 112 valence electrons. The summed E-state index contributed by atoms with van der Waals surface area (Å²) in [6.45, 7) is 3.39. The van der Waals surface area contributed by atoms with Crippen molar-refractivity contribution in [2.24, 2.45) is 0 Å². The SMILES string of the molecule is CCCC(C)(NC(=O)Nc1ccc2sccc2c1)C(=O)O. The quantitative estimate of drug-likeness (QED) is 0.788. The maximum atomic E-state index is 12.0. The third kappa shape index (κ3) is 3.52. The molecule has 1 aromatic carbocycles. The first-order chi connectivity index (χ1) is 9.94. The van der Waals surface area contributed by atoms with Gasteiger partial charge in [-0.1, -0.05) is 13.3 Å². The fraction of sp³-hybridized carbons (Fsp3) is 0.333. The monoisotopic (exact) mass is 306 g/mol. The van der Waals surface area contributed by atoms with Gasteiger partial charge in [-0.15, -0.1) is 11.3 Å². The average Bonchev–Trinajstić information content (AvgIpc) is 2.85. The van der Waals surface area contributed by atoms with E-state index in [2.05, 4.69) is 10.6 Å². The van der Waals surface area contributed by atoms with Gasteiger partial charge >= 0.3 is 12.0 Å². The van der Waals surface area contributed by atoms with Crippen LogP contribution >= 0.6 is 11.3 Å². The van der Waals surface area contributed by atoms with Crippen LogP contribution in [0.25, 0.3) is 10.1 Å². The van der Waals surface area contributed by atoms with Crippen molar-refractivity contribution in [3.05, 3.63) is 29.6 Å². The molecule has 2 rings (SSSR count). The van der Waals surface area contributed by atoms with Crippen LogP contribution in [-0.2, 0) is 4.79 Å². The molecule has 0 aliphatic rings. The van der Waals surface area contributed by atoms with E-state index in [9.17, 15) is 14.7 Å². The van der Waals surface area contributed by atoms with Gasteiger partial charge in [0.1, 0.15) is 5.54 Å². The first kappa shape index (κ1) is 15.3. The van der Waals surface area contributed by atoms with Crippen molar-refractivity contribution in [1.29, 1.82) is 0 Å². The molecule has 1 atom stereocenters. The molecule has 0 radical (unpaired) electrons. The molecule has 2 aromatic rings. The molecule has 0 fully saturated rings. The predicted molar refractivity (Wildman–Crippen MR) is 84.9 cm³/mol. The third-order valence-corrected chi connectivity index (χ3v) is 4.22. The molecule has 1 aromatic heterocycles. The smallest absolute Gasteiger partial charge is 0.329 e. The van der Waals surface area contributed by atoms with E-state index in [4.69, 9.17) is 0 Å². The molecule has 0 saturated carbocycles. The van der Waals surface area contributed by atoms with Crippen molar-refractivity contribution in [3.8, 4) is 0 Å². The summed E-state index contributed by atoms with van der Waals surface area (Å²) in [7, 11) is 0. The van der Waals surface area contributed by atoms with Crippen molar-refractivity contribution in [1.82, 2.24) is 5.32 Å². The van der Waals surface area contributed by atoms with Crippen LogP contribution in [0.15, 0.2) is 29.6 Å². The normalized spacial score (nSPS) is 13.6. The number of amides is 2. The van der Waals surface area contributed by atoms with Crippen molar-refractivity contribution in [2.45, 2.75) is 32.2 Å². The number of rotatable bonds is 5. The molecular formula is C15H18N2O3S. The molecule has 21 heavy (non-hydrogen) atoms. The van der Waals surface area contributed by atoms with Crippen molar-refractivity contribution >= 4 is 39.1 Å². The molecule has 3 N–H and O–H groups in total. The number of carbonyl (C=O) groups is 2. The molecule has 5 nitrogen and oxygen atoms in total. The highest BCUT2D eigenvalue weighted by Crippen LogP contribution is 2.24. The number of aliphatic carboxylic acids is 1. The third-order valence-electron chi connectivity index (χ3n) is 3.32. The summed E-state index contributed by atoms with van der Waals surface area (Å²) in [6.07, 6.45) is 1.04. The van der Waals surface area contributed by atoms with Gasteiger partial charge in [-0.05, 0) is 48.4 Å². The van der Waals surface area contributed by atoms with Crippen molar-refractivity contribution in [2.75, 3.05) is 5.32 Å². The standard InChI is InChI=1S/C15H18N2O3S/c1-3-7-15(2,13(18)19)17-14(20)16-11-4-5-12-10(9-11)6-8-21-12/h4-6,8-9H,3,7H2,1-2H3,(H,18,19)(H2,16,17,20). The van der Waals surface area contributed by atoms with Gasteiger partial charge in [0.25, 0.3) is 0 Å². The Hall–Kier alpha value is -2.08. The molecule has 0 aliphatic carbocycles. The summed E-state index contributed by atoms with van der Waals surface area (Å²) >= 11 is 1.63. The lowest BCUT2D eigenvalue weighted by molar-refractivity contribution is -0.143. The van der Waals surface area contributed by atoms with E-state index in [1.54, 1.807) is 17.4 Å². The van der Waals surface area contributed by atoms with Gasteiger partial charge in [-0.3, -0.25) is 0 Å². The summed E-state index contributed by atoms with van der Waals surface area (Å²) in [6, 6.07) is 7.06. The van der Waals surface area contributed by atoms with Gasteiger partial charge in [0, 0.05) is 10.4 Å². The van der Waals surface area contributed by atoms with Gasteiger partial charge < -0.3 is 15.7 Å². The van der Waals surface area contributed by atoms with E-state index < -0.39 is 17.5 Å². The lowest BCUT2D eigenvalue weighted by atomic mass is 9.97. The molecule has 2 amide bonds. The number of hydrogen-bond donors (Lipinski definition) is 3. The van der Waals surface area contributed by atoms with Crippen LogP contribution in [0.4, 0.5) is 10.5 Å². The summed E-state index contributed by atoms with van der Waals surface area (Å²) in [5, 5.41) is 17.5. The number of carboxylic acids is 1. The fourth-order valence-electron chi connectivity index (χ4n) is 2.18. The number of anilines is 1. The van der Waals surface area contributed by atoms with E-state index in [-0.39, 0.29) is 0 Å². The van der Waals surface area contributed by atoms with Crippen LogP contribution in [0.5, 0.6) is 0 Å². The van der Waals surface area contributed by atoms with Crippen molar-refractivity contribution < 1.29 is 14.7 Å². The summed E-state index contributed by atoms with van der Waals surface area (Å²) < 4.78 is 1.14. The average molecular weight is 306 g/mol. The summed E-state index contributed by atoms with van der Waals surface area (Å²) in [5.74, 6) is -1.03. The molecule has 0 bridgehead atoms. The molecule has 1 unspecified atom stereocenters. The predicted octanol–water partition coefficient (Wildman–Crippen LogP) is 3.67. The molecule has 1 heterocycles. The highest BCUT2D eigenvalue weighted by Gasteiger charge is 2.33. The number of fused-ring (bicyclic) bond motifs is 1. The zero-order valence-electron chi connectivity index (χ0n) is 12.0. The van der Waals surface area contributed by atoms with Crippen LogP contribution in [-0.4, -0.2) is 22.6 Å². The topological polar surface area (TPSA) is 78.4 Å². The first-order valence-corrected chi connectivity index (χ1v) is 7.62. The fourth-order valence-corrected chi connectivity index (χ4v) is 2.95. The Kier molecular flexibility index (Phi) is 4.47. The summed E-state index contributed by atoms with van der Waals surface area (Å²) in [4.78, 5) is 23.3. The van der Waals surface area contributed by atoms with Crippen LogP contribution in [0.1, 0.15) is 26.7 Å². The van der Waals surface area contributed by atoms with Crippen LogP contribution in [0, 0.1) is 0 Å².